The van der Waals surface area contributed by atoms with E-state index in [1.807, 2.05) is 0 Å². The Balaban J connectivity index is 3.20. The van der Waals surface area contributed by atoms with Crippen molar-refractivity contribution in [2.45, 2.75) is 19.3 Å². The van der Waals surface area contributed by atoms with Crippen molar-refractivity contribution in [3.05, 3.63) is 0 Å². The summed E-state index contributed by atoms with van der Waals surface area (Å²) >= 11 is 0. The molecule has 0 aromatic carbocycles. The third kappa shape index (κ3) is 10.8. The normalized spacial score (nSPS) is 9.93. The maximum absolute atomic E-state index is 11.0. The number of amides is 1. The van der Waals surface area contributed by atoms with Gasteiger partial charge in [-0.2, -0.15) is 0 Å². The Morgan fingerprint density at radius 1 is 1.20 bits per heavy atom. The number of nitrogens with one attached hydrogen (secondary N) is 1. The van der Waals surface area contributed by atoms with Gasteiger partial charge in [0.25, 0.3) is 0 Å². The van der Waals surface area contributed by atoms with Crippen molar-refractivity contribution in [3.63, 3.8) is 0 Å². The van der Waals surface area contributed by atoms with Crippen LogP contribution >= 0.6 is 0 Å². The Morgan fingerprint density at radius 3 is 2.53 bits per heavy atom. The van der Waals surface area contributed by atoms with Crippen LogP contribution in [0.15, 0.2) is 0 Å². The minimum Gasteiger partial charge on any atom is -0.481 e. The van der Waals surface area contributed by atoms with Crippen molar-refractivity contribution in [1.29, 1.82) is 0 Å². The van der Waals surface area contributed by atoms with E-state index in [-0.39, 0.29) is 25.4 Å². The molecule has 6 heteroatoms. The van der Waals surface area contributed by atoms with Crippen LogP contribution in [0, 0.1) is 0 Å². The number of aliphatic hydroxyl groups is 1. The number of rotatable bonds is 9. The summed E-state index contributed by atoms with van der Waals surface area (Å²) in [7, 11) is 0. The highest BCUT2D eigenvalue weighted by Gasteiger charge is 2.03. The largest absolute Gasteiger partial charge is 0.481 e. The van der Waals surface area contributed by atoms with E-state index in [1.54, 1.807) is 0 Å². The number of aliphatic hydroxyl groups excluding tert-OH is 1. The van der Waals surface area contributed by atoms with Crippen molar-refractivity contribution < 1.29 is 24.5 Å². The van der Waals surface area contributed by atoms with E-state index in [1.165, 1.54) is 0 Å². The topological polar surface area (TPSA) is 95.9 Å². The number of carboxylic acids is 1. The van der Waals surface area contributed by atoms with Gasteiger partial charge >= 0.3 is 5.97 Å². The van der Waals surface area contributed by atoms with E-state index in [4.69, 9.17) is 14.9 Å². The monoisotopic (exact) mass is 219 g/mol. The van der Waals surface area contributed by atoms with Gasteiger partial charge in [-0.05, 0) is 6.42 Å². The first-order valence-corrected chi connectivity index (χ1v) is 4.84. The van der Waals surface area contributed by atoms with Crippen molar-refractivity contribution in [1.82, 2.24) is 5.32 Å². The number of aliphatic carboxylic acids is 1. The molecular weight excluding hydrogens is 202 g/mol. The van der Waals surface area contributed by atoms with Crippen molar-refractivity contribution in [3.8, 4) is 0 Å². The summed E-state index contributed by atoms with van der Waals surface area (Å²) in [4.78, 5) is 21.1. The van der Waals surface area contributed by atoms with Gasteiger partial charge in [-0.1, -0.05) is 0 Å². The van der Waals surface area contributed by atoms with Gasteiger partial charge < -0.3 is 20.3 Å². The number of hydrogen-bond donors (Lipinski definition) is 3. The van der Waals surface area contributed by atoms with Crippen LogP contribution in [0.4, 0.5) is 0 Å². The van der Waals surface area contributed by atoms with Gasteiger partial charge in [-0.15, -0.1) is 0 Å². The summed E-state index contributed by atoms with van der Waals surface area (Å²) in [6.45, 7) is 1.22. The fourth-order valence-electron chi connectivity index (χ4n) is 0.878. The lowest BCUT2D eigenvalue weighted by Gasteiger charge is -2.04. The van der Waals surface area contributed by atoms with Gasteiger partial charge in [0.05, 0.1) is 19.6 Å². The highest BCUT2D eigenvalue weighted by molar-refractivity contribution is 5.80. The number of carbonyl (C=O) groups is 2. The molecule has 0 aliphatic carbocycles. The van der Waals surface area contributed by atoms with Crippen LogP contribution in [0.1, 0.15) is 19.3 Å². The molecule has 0 saturated heterocycles. The van der Waals surface area contributed by atoms with Crippen molar-refractivity contribution in [2.75, 3.05) is 26.4 Å². The van der Waals surface area contributed by atoms with Gasteiger partial charge in [0.15, 0.2) is 0 Å². The van der Waals surface area contributed by atoms with E-state index in [0.717, 1.165) is 0 Å². The lowest BCUT2D eigenvalue weighted by molar-refractivity contribution is -0.138. The van der Waals surface area contributed by atoms with Crippen LogP contribution in [-0.2, 0) is 14.3 Å². The standard InChI is InChI=1S/C9H17NO5/c11-5-7-15-6-1-4-10-8(12)2-3-9(13)14/h11H,1-7H2,(H,10,12)(H,13,14). The summed E-state index contributed by atoms with van der Waals surface area (Å²) in [5.74, 6) is -1.24. The van der Waals surface area contributed by atoms with Crippen LogP contribution in [-0.4, -0.2) is 48.5 Å². The molecular formula is C9H17NO5. The lowest BCUT2D eigenvalue weighted by Crippen LogP contribution is -2.25. The average Bonchev–Trinajstić information content (AvgIpc) is 2.20. The molecule has 15 heavy (non-hydrogen) atoms. The molecule has 0 heterocycles. The van der Waals surface area contributed by atoms with E-state index in [0.29, 0.717) is 26.2 Å². The molecule has 0 radical (unpaired) electrons. The highest BCUT2D eigenvalue weighted by atomic mass is 16.5. The number of carbonyl (C=O) groups excluding carboxylic acids is 1. The van der Waals surface area contributed by atoms with Crippen LogP contribution in [0.25, 0.3) is 0 Å². The van der Waals surface area contributed by atoms with Gasteiger partial charge in [-0.25, -0.2) is 0 Å². The molecule has 0 aromatic heterocycles. The van der Waals surface area contributed by atoms with Crippen molar-refractivity contribution in [2.24, 2.45) is 0 Å². The molecule has 0 saturated carbocycles. The number of hydrogen-bond acceptors (Lipinski definition) is 4. The van der Waals surface area contributed by atoms with Gasteiger partial charge in [0, 0.05) is 19.6 Å². The van der Waals surface area contributed by atoms with Crippen molar-refractivity contribution >= 4 is 11.9 Å². The third-order valence-corrected chi connectivity index (χ3v) is 1.59. The van der Waals surface area contributed by atoms with Gasteiger partial charge in [0.2, 0.25) is 5.91 Å². The minimum atomic E-state index is -0.976. The molecule has 0 bridgehead atoms. The Morgan fingerprint density at radius 2 is 1.93 bits per heavy atom. The molecule has 88 valence electrons. The Kier molecular flexibility index (Phi) is 8.70. The van der Waals surface area contributed by atoms with Crippen LogP contribution in [0.3, 0.4) is 0 Å². The fraction of sp³-hybridized carbons (Fsp3) is 0.778. The first kappa shape index (κ1) is 13.9. The van der Waals surface area contributed by atoms with Crippen LogP contribution in [0.2, 0.25) is 0 Å². The second-order valence-corrected chi connectivity index (χ2v) is 2.93. The van der Waals surface area contributed by atoms with E-state index in [2.05, 4.69) is 5.32 Å². The molecule has 0 rings (SSSR count). The van der Waals surface area contributed by atoms with E-state index < -0.39 is 5.97 Å². The second-order valence-electron chi connectivity index (χ2n) is 2.93. The SMILES string of the molecule is O=C(O)CCC(=O)NCCCOCCO. The zero-order valence-electron chi connectivity index (χ0n) is 8.57. The van der Waals surface area contributed by atoms with E-state index >= 15 is 0 Å². The first-order chi connectivity index (χ1) is 7.16. The molecule has 0 spiro atoms. The summed E-state index contributed by atoms with van der Waals surface area (Å²) in [5.41, 5.74) is 0. The molecule has 0 unspecified atom stereocenters. The predicted octanol–water partition coefficient (Wildman–Crippen LogP) is -0.634. The van der Waals surface area contributed by atoms with E-state index in [9.17, 15) is 9.59 Å². The first-order valence-electron chi connectivity index (χ1n) is 4.84. The molecule has 6 nitrogen and oxygen atoms in total. The van der Waals surface area contributed by atoms with Gasteiger partial charge in [-0.3, -0.25) is 9.59 Å². The summed E-state index contributed by atoms with van der Waals surface area (Å²) in [6.07, 6.45) is 0.512. The molecule has 0 aromatic rings. The third-order valence-electron chi connectivity index (χ3n) is 1.59. The van der Waals surface area contributed by atoms with Gasteiger partial charge in [0.1, 0.15) is 0 Å². The zero-order valence-corrected chi connectivity index (χ0v) is 8.57. The smallest absolute Gasteiger partial charge is 0.303 e. The number of ether oxygens (including phenoxy) is 1. The average molecular weight is 219 g/mol. The quantitative estimate of drug-likeness (QED) is 0.448. The maximum Gasteiger partial charge on any atom is 0.303 e. The van der Waals surface area contributed by atoms with Crippen LogP contribution in [0.5, 0.6) is 0 Å². The second kappa shape index (κ2) is 9.42. The summed E-state index contributed by atoms with van der Waals surface area (Å²) < 4.78 is 4.97. The lowest BCUT2D eigenvalue weighted by atomic mass is 10.3. The van der Waals surface area contributed by atoms with Crippen LogP contribution < -0.4 is 5.32 Å². The Labute approximate surface area is 88.2 Å². The fourth-order valence-corrected chi connectivity index (χ4v) is 0.878. The molecule has 0 aliphatic heterocycles. The zero-order chi connectivity index (χ0) is 11.5. The number of carboxylic acid groups (broad SMARTS) is 1. The highest BCUT2D eigenvalue weighted by Crippen LogP contribution is 1.89. The Hall–Kier alpha value is -1.14. The summed E-state index contributed by atoms with van der Waals surface area (Å²) in [5, 5.41) is 19.3. The molecule has 0 atom stereocenters. The predicted molar refractivity (Wildman–Crippen MR) is 52.4 cm³/mol. The molecule has 0 fully saturated rings. The minimum absolute atomic E-state index is 0.00678. The Bertz CT molecular complexity index is 195. The maximum atomic E-state index is 11.0. The summed E-state index contributed by atoms with van der Waals surface area (Å²) in [6, 6.07) is 0. The molecule has 1 amide bonds. The molecule has 3 N–H and O–H groups in total. The molecule has 0 aliphatic rings.